The lowest BCUT2D eigenvalue weighted by atomic mass is 10.1. The molecule has 7 heteroatoms. The van der Waals surface area contributed by atoms with E-state index in [0.717, 1.165) is 48.7 Å². The number of rotatable bonds is 8. The summed E-state index contributed by atoms with van der Waals surface area (Å²) in [4.78, 5) is 28.6. The Bertz CT molecular complexity index is 1080. The second-order valence-corrected chi connectivity index (χ2v) is 8.36. The van der Waals surface area contributed by atoms with Gasteiger partial charge in [0.25, 0.3) is 0 Å². The average Bonchev–Trinajstić information content (AvgIpc) is 3.21. The molecule has 7 nitrogen and oxygen atoms in total. The van der Waals surface area contributed by atoms with Crippen LogP contribution in [-0.4, -0.2) is 55.0 Å². The van der Waals surface area contributed by atoms with Crippen LogP contribution in [0.1, 0.15) is 33.9 Å². The van der Waals surface area contributed by atoms with E-state index in [1.807, 2.05) is 59.5 Å². The lowest BCUT2D eigenvalue weighted by Gasteiger charge is -2.21. The zero-order valence-electron chi connectivity index (χ0n) is 19.4. The third-order valence-corrected chi connectivity index (χ3v) is 5.90. The van der Waals surface area contributed by atoms with Crippen LogP contribution in [0.15, 0.2) is 71.1 Å². The van der Waals surface area contributed by atoms with E-state index < -0.39 is 5.97 Å². The van der Waals surface area contributed by atoms with Crippen molar-refractivity contribution in [3.63, 3.8) is 0 Å². The largest absolute Gasteiger partial charge is 0.489 e. The van der Waals surface area contributed by atoms with Crippen molar-refractivity contribution in [1.29, 1.82) is 0 Å². The van der Waals surface area contributed by atoms with Gasteiger partial charge in [0.1, 0.15) is 18.1 Å². The van der Waals surface area contributed by atoms with Gasteiger partial charge < -0.3 is 18.8 Å². The van der Waals surface area contributed by atoms with Gasteiger partial charge >= 0.3 is 5.97 Å². The van der Waals surface area contributed by atoms with Gasteiger partial charge in [-0.05, 0) is 41.8 Å². The van der Waals surface area contributed by atoms with Crippen LogP contribution in [-0.2, 0) is 29.1 Å². The molecule has 1 aliphatic heterocycles. The summed E-state index contributed by atoms with van der Waals surface area (Å²) in [6, 6.07) is 21.2. The van der Waals surface area contributed by atoms with E-state index in [2.05, 4.69) is 9.64 Å². The van der Waals surface area contributed by atoms with Crippen molar-refractivity contribution >= 4 is 11.9 Å². The fourth-order valence-electron chi connectivity index (χ4n) is 4.00. The van der Waals surface area contributed by atoms with Gasteiger partial charge in [-0.3, -0.25) is 9.69 Å². The van der Waals surface area contributed by atoms with Crippen molar-refractivity contribution < 1.29 is 23.5 Å². The zero-order valence-corrected chi connectivity index (χ0v) is 19.4. The Kier molecular flexibility index (Phi) is 7.99. The molecule has 0 bridgehead atoms. The van der Waals surface area contributed by atoms with Crippen molar-refractivity contribution in [3.8, 4) is 5.75 Å². The minimum absolute atomic E-state index is 0.130. The Morgan fingerprint density at radius 1 is 0.882 bits per heavy atom. The molecule has 0 saturated carbocycles. The van der Waals surface area contributed by atoms with Gasteiger partial charge in [0.05, 0.1) is 20.1 Å². The summed E-state index contributed by atoms with van der Waals surface area (Å²) in [5, 5.41) is 0. The molecule has 34 heavy (non-hydrogen) atoms. The first-order chi connectivity index (χ1) is 16.6. The number of furan rings is 1. The first-order valence-corrected chi connectivity index (χ1v) is 11.5. The number of nitrogens with zero attached hydrogens (tertiary/aromatic N) is 2. The highest BCUT2D eigenvalue weighted by molar-refractivity contribution is 5.86. The lowest BCUT2D eigenvalue weighted by molar-refractivity contribution is -0.130. The fourth-order valence-corrected chi connectivity index (χ4v) is 4.00. The SMILES string of the molecule is COC(=O)c1ccc(CN2CCCN(C(=O)Cc3ccc(OCc4ccccc4)cc3)CC2)o1. The van der Waals surface area contributed by atoms with Crippen LogP contribution in [0.4, 0.5) is 0 Å². The number of carbonyl (C=O) groups excluding carboxylic acids is 2. The van der Waals surface area contributed by atoms with E-state index in [1.54, 1.807) is 12.1 Å². The molecule has 4 rings (SSSR count). The van der Waals surface area contributed by atoms with E-state index in [9.17, 15) is 9.59 Å². The van der Waals surface area contributed by atoms with Crippen LogP contribution in [0.3, 0.4) is 0 Å². The van der Waals surface area contributed by atoms with Crippen molar-refractivity contribution in [1.82, 2.24) is 9.80 Å². The number of hydrogen-bond acceptors (Lipinski definition) is 6. The van der Waals surface area contributed by atoms with Crippen LogP contribution >= 0.6 is 0 Å². The number of carbonyl (C=O) groups is 2. The topological polar surface area (TPSA) is 72.2 Å². The predicted molar refractivity (Wildman–Crippen MR) is 127 cm³/mol. The fraction of sp³-hybridized carbons (Fsp3) is 0.333. The van der Waals surface area contributed by atoms with Crippen molar-refractivity contribution in [2.75, 3.05) is 33.3 Å². The molecule has 1 amide bonds. The Morgan fingerprint density at radius 2 is 1.68 bits per heavy atom. The molecule has 178 valence electrons. The molecule has 1 aromatic heterocycles. The van der Waals surface area contributed by atoms with Gasteiger partial charge in [0, 0.05) is 26.2 Å². The maximum absolute atomic E-state index is 12.9. The van der Waals surface area contributed by atoms with Gasteiger partial charge in [-0.15, -0.1) is 0 Å². The Morgan fingerprint density at radius 3 is 2.44 bits per heavy atom. The molecule has 0 radical (unpaired) electrons. The molecular weight excluding hydrogens is 432 g/mol. The minimum atomic E-state index is -0.477. The summed E-state index contributed by atoms with van der Waals surface area (Å²) < 4.78 is 16.1. The van der Waals surface area contributed by atoms with E-state index in [4.69, 9.17) is 9.15 Å². The number of methoxy groups -OCH3 is 1. The Balaban J connectivity index is 1.24. The molecule has 2 aromatic carbocycles. The normalized spacial score (nSPS) is 14.4. The summed E-state index contributed by atoms with van der Waals surface area (Å²) >= 11 is 0. The average molecular weight is 463 g/mol. The van der Waals surface area contributed by atoms with Crippen LogP contribution in [0.2, 0.25) is 0 Å². The second kappa shape index (κ2) is 11.5. The number of esters is 1. The smallest absolute Gasteiger partial charge is 0.373 e. The summed E-state index contributed by atoms with van der Waals surface area (Å²) in [6.45, 7) is 4.15. The third kappa shape index (κ3) is 6.48. The zero-order chi connectivity index (χ0) is 23.8. The Hall–Kier alpha value is -3.58. The molecule has 0 atom stereocenters. The maximum Gasteiger partial charge on any atom is 0.373 e. The van der Waals surface area contributed by atoms with Gasteiger partial charge in [-0.1, -0.05) is 42.5 Å². The van der Waals surface area contributed by atoms with E-state index >= 15 is 0 Å². The first kappa shape index (κ1) is 23.6. The van der Waals surface area contributed by atoms with Gasteiger partial charge in [0.15, 0.2) is 0 Å². The van der Waals surface area contributed by atoms with Crippen LogP contribution in [0.25, 0.3) is 0 Å². The highest BCUT2D eigenvalue weighted by Crippen LogP contribution is 2.17. The summed E-state index contributed by atoms with van der Waals surface area (Å²) in [5.74, 6) is 1.37. The molecule has 0 N–H and O–H groups in total. The van der Waals surface area contributed by atoms with Gasteiger partial charge in [-0.2, -0.15) is 0 Å². The van der Waals surface area contributed by atoms with Gasteiger partial charge in [0.2, 0.25) is 11.7 Å². The van der Waals surface area contributed by atoms with Crippen molar-refractivity contribution in [2.45, 2.75) is 26.0 Å². The Labute approximate surface area is 199 Å². The molecule has 1 saturated heterocycles. The van der Waals surface area contributed by atoms with Crippen molar-refractivity contribution in [2.24, 2.45) is 0 Å². The van der Waals surface area contributed by atoms with E-state index in [-0.39, 0.29) is 11.7 Å². The predicted octanol–water partition coefficient (Wildman–Crippen LogP) is 3.92. The number of amides is 1. The third-order valence-electron chi connectivity index (χ3n) is 5.90. The highest BCUT2D eigenvalue weighted by Gasteiger charge is 2.21. The monoisotopic (exact) mass is 462 g/mol. The number of ether oxygens (including phenoxy) is 2. The van der Waals surface area contributed by atoms with Crippen LogP contribution in [0.5, 0.6) is 5.75 Å². The number of hydrogen-bond donors (Lipinski definition) is 0. The van der Waals surface area contributed by atoms with E-state index in [1.165, 1.54) is 7.11 Å². The maximum atomic E-state index is 12.9. The molecule has 0 spiro atoms. The number of benzene rings is 2. The summed E-state index contributed by atoms with van der Waals surface area (Å²) in [5.41, 5.74) is 2.09. The first-order valence-electron chi connectivity index (χ1n) is 11.5. The quantitative estimate of drug-likeness (QED) is 0.473. The summed E-state index contributed by atoms with van der Waals surface area (Å²) in [7, 11) is 1.33. The van der Waals surface area contributed by atoms with E-state index in [0.29, 0.717) is 26.1 Å². The second-order valence-electron chi connectivity index (χ2n) is 8.36. The van der Waals surface area contributed by atoms with Gasteiger partial charge in [-0.25, -0.2) is 4.79 Å². The molecule has 0 unspecified atom stereocenters. The molecule has 1 aliphatic rings. The summed E-state index contributed by atoms with van der Waals surface area (Å²) in [6.07, 6.45) is 1.27. The van der Waals surface area contributed by atoms with Crippen molar-refractivity contribution in [3.05, 3.63) is 89.4 Å². The standard InChI is InChI=1S/C27H30N2O5/c1-32-27(31)25-13-12-24(34-25)19-28-14-5-15-29(17-16-28)26(30)18-21-8-10-23(11-9-21)33-20-22-6-3-2-4-7-22/h2-4,6-13H,5,14-20H2,1H3. The molecular formula is C27H30N2O5. The minimum Gasteiger partial charge on any atom is -0.489 e. The van der Waals surface area contributed by atoms with Crippen LogP contribution in [0, 0.1) is 0 Å². The van der Waals surface area contributed by atoms with Crippen LogP contribution < -0.4 is 4.74 Å². The molecule has 2 heterocycles. The molecule has 1 fully saturated rings. The highest BCUT2D eigenvalue weighted by atomic mass is 16.5. The molecule has 3 aromatic rings. The molecule has 0 aliphatic carbocycles. The lowest BCUT2D eigenvalue weighted by Crippen LogP contribution is -2.36.